The summed E-state index contributed by atoms with van der Waals surface area (Å²) in [6.45, 7) is 0.0291. The lowest BCUT2D eigenvalue weighted by atomic mass is 10.2. The van der Waals surface area contributed by atoms with Crippen LogP contribution in [-0.2, 0) is 16.0 Å². The molecule has 2 amide bonds. The summed E-state index contributed by atoms with van der Waals surface area (Å²) in [5, 5.41) is 3.84. The van der Waals surface area contributed by atoms with E-state index in [4.69, 9.17) is 0 Å². The Morgan fingerprint density at radius 2 is 1.89 bits per heavy atom. The van der Waals surface area contributed by atoms with Crippen LogP contribution in [0.5, 0.6) is 0 Å². The molecule has 0 aliphatic carbocycles. The van der Waals surface area contributed by atoms with Crippen LogP contribution in [0.4, 0.5) is 5.69 Å². The van der Waals surface area contributed by atoms with Gasteiger partial charge in [0, 0.05) is 17.9 Å². The Kier molecular flexibility index (Phi) is 6.58. The maximum atomic E-state index is 12.3. The SMILES string of the molecule is CN(CC(=O)Nc1ccccc1Br)C(=O)CCCc1nc2ccccc2s1. The molecule has 5 nitrogen and oxygen atoms in total. The monoisotopic (exact) mass is 445 g/mol. The van der Waals surface area contributed by atoms with Crippen LogP contribution >= 0.6 is 27.3 Å². The third-order valence-electron chi connectivity index (χ3n) is 4.07. The van der Waals surface area contributed by atoms with Gasteiger partial charge in [0.05, 0.1) is 27.5 Å². The summed E-state index contributed by atoms with van der Waals surface area (Å²) in [4.78, 5) is 30.5. The molecule has 27 heavy (non-hydrogen) atoms. The Morgan fingerprint density at radius 3 is 2.67 bits per heavy atom. The number of aryl methyl sites for hydroxylation is 1. The molecule has 2 aromatic carbocycles. The lowest BCUT2D eigenvalue weighted by Crippen LogP contribution is -2.34. The van der Waals surface area contributed by atoms with E-state index >= 15 is 0 Å². The molecule has 0 bridgehead atoms. The van der Waals surface area contributed by atoms with Gasteiger partial charge in [-0.05, 0) is 53.0 Å². The Balaban J connectivity index is 1.44. The number of nitrogens with one attached hydrogen (secondary N) is 1. The number of aromatic nitrogens is 1. The molecular formula is C20H20BrN3O2S. The zero-order valence-electron chi connectivity index (χ0n) is 14.9. The molecule has 0 aliphatic rings. The highest BCUT2D eigenvalue weighted by molar-refractivity contribution is 9.10. The molecule has 0 aliphatic heterocycles. The van der Waals surface area contributed by atoms with Gasteiger partial charge < -0.3 is 10.2 Å². The lowest BCUT2D eigenvalue weighted by Gasteiger charge is -2.17. The number of para-hydroxylation sites is 2. The van der Waals surface area contributed by atoms with Crippen molar-refractivity contribution < 1.29 is 9.59 Å². The number of carbonyl (C=O) groups excluding carboxylic acids is 2. The van der Waals surface area contributed by atoms with Crippen molar-refractivity contribution in [1.82, 2.24) is 9.88 Å². The average Bonchev–Trinajstić information content (AvgIpc) is 3.06. The molecule has 0 atom stereocenters. The molecule has 0 saturated carbocycles. The minimum atomic E-state index is -0.219. The van der Waals surface area contributed by atoms with Gasteiger partial charge in [-0.3, -0.25) is 9.59 Å². The van der Waals surface area contributed by atoms with Crippen molar-refractivity contribution in [3.63, 3.8) is 0 Å². The number of hydrogen-bond donors (Lipinski definition) is 1. The van der Waals surface area contributed by atoms with Gasteiger partial charge in [0.1, 0.15) is 0 Å². The smallest absolute Gasteiger partial charge is 0.244 e. The van der Waals surface area contributed by atoms with E-state index in [1.807, 2.05) is 42.5 Å². The van der Waals surface area contributed by atoms with E-state index in [2.05, 4.69) is 32.3 Å². The molecule has 0 saturated heterocycles. The van der Waals surface area contributed by atoms with Crippen LogP contribution in [0.25, 0.3) is 10.2 Å². The fourth-order valence-electron chi connectivity index (χ4n) is 2.66. The zero-order chi connectivity index (χ0) is 19.2. The number of hydrogen-bond acceptors (Lipinski definition) is 4. The van der Waals surface area contributed by atoms with Crippen molar-refractivity contribution in [2.24, 2.45) is 0 Å². The maximum Gasteiger partial charge on any atom is 0.244 e. The Bertz CT molecular complexity index is 924. The number of fused-ring (bicyclic) bond motifs is 1. The van der Waals surface area contributed by atoms with Gasteiger partial charge in [0.25, 0.3) is 0 Å². The standard InChI is InChI=1S/C20H20BrN3O2S/c1-24(13-18(25)22-15-8-3-2-7-14(15)21)20(26)12-6-11-19-23-16-9-4-5-10-17(16)27-19/h2-5,7-10H,6,11-13H2,1H3,(H,22,25). The predicted octanol–water partition coefficient (Wildman–Crippen LogP) is 4.48. The first-order valence-electron chi connectivity index (χ1n) is 8.66. The first-order valence-corrected chi connectivity index (χ1v) is 10.3. The molecule has 1 heterocycles. The summed E-state index contributed by atoms with van der Waals surface area (Å²) in [7, 11) is 1.65. The number of carbonyl (C=O) groups is 2. The van der Waals surface area contributed by atoms with Crippen LogP contribution in [0.15, 0.2) is 53.0 Å². The molecule has 1 N–H and O–H groups in total. The molecule has 0 fully saturated rings. The normalized spacial score (nSPS) is 10.7. The van der Waals surface area contributed by atoms with Crippen molar-refractivity contribution in [2.75, 3.05) is 18.9 Å². The molecule has 3 rings (SSSR count). The Hall–Kier alpha value is -2.25. The molecule has 0 spiro atoms. The van der Waals surface area contributed by atoms with Crippen LogP contribution in [0.2, 0.25) is 0 Å². The van der Waals surface area contributed by atoms with E-state index in [1.165, 1.54) is 9.60 Å². The second kappa shape index (κ2) is 9.10. The van der Waals surface area contributed by atoms with Gasteiger partial charge in [-0.15, -0.1) is 11.3 Å². The van der Waals surface area contributed by atoms with Gasteiger partial charge in [0.2, 0.25) is 11.8 Å². The Labute approximate surface area is 170 Å². The number of amides is 2. The number of benzene rings is 2. The average molecular weight is 446 g/mol. The lowest BCUT2D eigenvalue weighted by molar-refractivity contribution is -0.133. The van der Waals surface area contributed by atoms with E-state index in [1.54, 1.807) is 18.4 Å². The van der Waals surface area contributed by atoms with Crippen molar-refractivity contribution in [3.05, 3.63) is 58.0 Å². The van der Waals surface area contributed by atoms with E-state index in [-0.39, 0.29) is 18.4 Å². The van der Waals surface area contributed by atoms with Crippen molar-refractivity contribution in [3.8, 4) is 0 Å². The summed E-state index contributed by atoms with van der Waals surface area (Å²) in [5.41, 5.74) is 1.70. The maximum absolute atomic E-state index is 12.3. The molecule has 7 heteroatoms. The van der Waals surface area contributed by atoms with Gasteiger partial charge in [0.15, 0.2) is 0 Å². The van der Waals surface area contributed by atoms with Gasteiger partial charge >= 0.3 is 0 Å². The quantitative estimate of drug-likeness (QED) is 0.582. The number of rotatable bonds is 7. The fraction of sp³-hybridized carbons (Fsp3) is 0.250. The second-order valence-electron chi connectivity index (χ2n) is 6.21. The molecule has 3 aromatic rings. The summed E-state index contributed by atoms with van der Waals surface area (Å²) in [5.74, 6) is -0.262. The second-order valence-corrected chi connectivity index (χ2v) is 8.18. The number of halogens is 1. The Morgan fingerprint density at radius 1 is 1.15 bits per heavy atom. The zero-order valence-corrected chi connectivity index (χ0v) is 17.3. The van der Waals surface area contributed by atoms with Crippen molar-refractivity contribution >= 4 is 55.0 Å². The topological polar surface area (TPSA) is 62.3 Å². The van der Waals surface area contributed by atoms with Gasteiger partial charge in [-0.25, -0.2) is 4.98 Å². The van der Waals surface area contributed by atoms with Crippen LogP contribution in [0.1, 0.15) is 17.8 Å². The fourth-order valence-corrected chi connectivity index (χ4v) is 4.06. The highest BCUT2D eigenvalue weighted by Crippen LogP contribution is 2.23. The van der Waals surface area contributed by atoms with Gasteiger partial charge in [-0.2, -0.15) is 0 Å². The first-order chi connectivity index (χ1) is 13.0. The van der Waals surface area contributed by atoms with Crippen LogP contribution in [-0.4, -0.2) is 35.3 Å². The highest BCUT2D eigenvalue weighted by Gasteiger charge is 2.14. The number of anilines is 1. The third kappa shape index (κ3) is 5.37. The molecule has 1 aromatic heterocycles. The predicted molar refractivity (Wildman–Crippen MR) is 113 cm³/mol. The summed E-state index contributed by atoms with van der Waals surface area (Å²) in [6.07, 6.45) is 1.88. The van der Waals surface area contributed by atoms with Crippen LogP contribution in [0.3, 0.4) is 0 Å². The minimum absolute atomic E-state index is 0.0291. The van der Waals surface area contributed by atoms with E-state index in [0.29, 0.717) is 12.1 Å². The number of thiazole rings is 1. The molecule has 140 valence electrons. The number of nitrogens with zero attached hydrogens (tertiary/aromatic N) is 2. The minimum Gasteiger partial charge on any atom is -0.336 e. The summed E-state index contributed by atoms with van der Waals surface area (Å²) >= 11 is 5.05. The molecular weight excluding hydrogens is 426 g/mol. The number of likely N-dealkylation sites (N-methyl/N-ethyl adjacent to an activating group) is 1. The van der Waals surface area contributed by atoms with Crippen LogP contribution < -0.4 is 5.32 Å². The summed E-state index contributed by atoms with van der Waals surface area (Å²) in [6, 6.07) is 15.4. The first kappa shape index (κ1) is 19.5. The largest absolute Gasteiger partial charge is 0.336 e. The molecule has 0 unspecified atom stereocenters. The van der Waals surface area contributed by atoms with E-state index < -0.39 is 0 Å². The summed E-state index contributed by atoms with van der Waals surface area (Å²) < 4.78 is 1.97. The third-order valence-corrected chi connectivity index (χ3v) is 5.86. The van der Waals surface area contributed by atoms with E-state index in [9.17, 15) is 9.59 Å². The van der Waals surface area contributed by atoms with E-state index in [0.717, 1.165) is 27.8 Å². The van der Waals surface area contributed by atoms with Crippen molar-refractivity contribution in [1.29, 1.82) is 0 Å². The molecule has 0 radical (unpaired) electrons. The van der Waals surface area contributed by atoms with Crippen LogP contribution in [0, 0.1) is 0 Å². The van der Waals surface area contributed by atoms with Gasteiger partial charge in [-0.1, -0.05) is 24.3 Å². The highest BCUT2D eigenvalue weighted by atomic mass is 79.9. The van der Waals surface area contributed by atoms with Crippen molar-refractivity contribution in [2.45, 2.75) is 19.3 Å².